The molecule has 4 nitrogen and oxygen atoms in total. The highest BCUT2D eigenvalue weighted by molar-refractivity contribution is 9.11. The van der Waals surface area contributed by atoms with Gasteiger partial charge in [-0.1, -0.05) is 22.5 Å². The van der Waals surface area contributed by atoms with Crippen molar-refractivity contribution in [1.82, 2.24) is 4.72 Å². The highest BCUT2D eigenvalue weighted by Crippen LogP contribution is 2.17. The molecule has 3 N–H and O–H groups in total. The van der Waals surface area contributed by atoms with Crippen molar-refractivity contribution in [2.45, 2.75) is 11.8 Å². The van der Waals surface area contributed by atoms with Gasteiger partial charge in [-0.05, 0) is 30.7 Å². The summed E-state index contributed by atoms with van der Waals surface area (Å²) in [6.45, 7) is 5.42. The van der Waals surface area contributed by atoms with Gasteiger partial charge in [0, 0.05) is 16.7 Å². The van der Waals surface area contributed by atoms with Crippen LogP contribution in [0.2, 0.25) is 0 Å². The van der Waals surface area contributed by atoms with E-state index in [0.29, 0.717) is 15.7 Å². The third-order valence-electron chi connectivity index (χ3n) is 1.94. The minimum absolute atomic E-state index is 0.159. The molecule has 0 radical (unpaired) electrons. The lowest BCUT2D eigenvalue weighted by atomic mass is 10.2. The summed E-state index contributed by atoms with van der Waals surface area (Å²) < 4.78 is 26.7. The van der Waals surface area contributed by atoms with Gasteiger partial charge in [0.2, 0.25) is 10.0 Å². The predicted octanol–water partition coefficient (Wildman–Crippen LogP) is 1.76. The second-order valence-corrected chi connectivity index (χ2v) is 6.22. The normalized spacial score (nSPS) is 11.4. The zero-order valence-electron chi connectivity index (χ0n) is 8.83. The Bertz CT molecular complexity index is 512. The molecule has 88 valence electrons. The van der Waals surface area contributed by atoms with E-state index in [-0.39, 0.29) is 11.4 Å². The van der Waals surface area contributed by atoms with E-state index in [1.807, 2.05) is 0 Å². The van der Waals surface area contributed by atoms with Crippen molar-refractivity contribution < 1.29 is 8.42 Å². The van der Waals surface area contributed by atoms with Crippen molar-refractivity contribution in [2.24, 2.45) is 0 Å². The average Bonchev–Trinajstić information content (AvgIpc) is 2.14. The lowest BCUT2D eigenvalue weighted by molar-refractivity contribution is 0.585. The number of aryl methyl sites for hydroxylation is 1. The molecule has 0 amide bonds. The van der Waals surface area contributed by atoms with Crippen LogP contribution in [0, 0.1) is 6.92 Å². The van der Waals surface area contributed by atoms with Gasteiger partial charge in [-0.3, -0.25) is 0 Å². The summed E-state index contributed by atoms with van der Waals surface area (Å²) >= 11 is 3.09. The van der Waals surface area contributed by atoms with Crippen molar-refractivity contribution in [3.05, 3.63) is 34.8 Å². The molecule has 0 bridgehead atoms. The van der Waals surface area contributed by atoms with Crippen molar-refractivity contribution in [2.75, 3.05) is 12.3 Å². The maximum atomic E-state index is 11.9. The van der Waals surface area contributed by atoms with E-state index in [9.17, 15) is 8.42 Å². The van der Waals surface area contributed by atoms with Gasteiger partial charge in [0.15, 0.2) is 0 Å². The largest absolute Gasteiger partial charge is 0.399 e. The second-order valence-electron chi connectivity index (χ2n) is 3.37. The highest BCUT2D eigenvalue weighted by atomic mass is 79.9. The zero-order valence-corrected chi connectivity index (χ0v) is 11.2. The number of nitrogens with two attached hydrogens (primary N) is 1. The quantitative estimate of drug-likeness (QED) is 0.833. The summed E-state index contributed by atoms with van der Waals surface area (Å²) in [6, 6.07) is 4.67. The fourth-order valence-corrected chi connectivity index (χ4v) is 2.80. The van der Waals surface area contributed by atoms with Gasteiger partial charge in [-0.2, -0.15) is 0 Å². The summed E-state index contributed by atoms with van der Waals surface area (Å²) in [7, 11) is -3.50. The van der Waals surface area contributed by atoms with Crippen LogP contribution in [0.4, 0.5) is 5.69 Å². The van der Waals surface area contributed by atoms with E-state index in [1.54, 1.807) is 19.1 Å². The Balaban J connectivity index is 3.03. The zero-order chi connectivity index (χ0) is 12.3. The summed E-state index contributed by atoms with van der Waals surface area (Å²) in [5.41, 5.74) is 6.72. The molecule has 0 aliphatic carbocycles. The second kappa shape index (κ2) is 4.99. The molecule has 6 heteroatoms. The number of hydrogen-bond donors (Lipinski definition) is 2. The molecule has 1 rings (SSSR count). The molecule has 0 spiro atoms. The number of nitrogens with one attached hydrogen (secondary N) is 1. The number of sulfonamides is 1. The minimum Gasteiger partial charge on any atom is -0.399 e. The molecule has 0 aromatic heterocycles. The summed E-state index contributed by atoms with van der Waals surface area (Å²) in [6.07, 6.45) is 0. The lowest BCUT2D eigenvalue weighted by Gasteiger charge is -2.09. The lowest BCUT2D eigenvalue weighted by Crippen LogP contribution is -2.25. The fourth-order valence-electron chi connectivity index (χ4n) is 1.23. The Morgan fingerprint density at radius 2 is 2.19 bits per heavy atom. The van der Waals surface area contributed by atoms with E-state index < -0.39 is 10.0 Å². The number of halogens is 1. The molecule has 0 heterocycles. The molecule has 16 heavy (non-hydrogen) atoms. The first-order valence-electron chi connectivity index (χ1n) is 4.52. The van der Waals surface area contributed by atoms with Crippen LogP contribution in [0.15, 0.2) is 34.2 Å². The first-order chi connectivity index (χ1) is 7.33. The molecule has 1 aromatic rings. The Morgan fingerprint density at radius 3 is 2.69 bits per heavy atom. The Kier molecular flexibility index (Phi) is 4.12. The number of hydrogen-bond acceptors (Lipinski definition) is 3. The number of benzene rings is 1. The van der Waals surface area contributed by atoms with Crippen LogP contribution < -0.4 is 10.5 Å². The van der Waals surface area contributed by atoms with E-state index >= 15 is 0 Å². The molecule has 0 aliphatic rings. The van der Waals surface area contributed by atoms with E-state index in [0.717, 1.165) is 0 Å². The maximum Gasteiger partial charge on any atom is 0.241 e. The van der Waals surface area contributed by atoms with E-state index in [2.05, 4.69) is 27.2 Å². The molecule has 0 atom stereocenters. The molecule has 0 aliphatic heterocycles. The number of rotatable bonds is 4. The molecular formula is C10H13BrN2O2S. The Hall–Kier alpha value is -0.850. The standard InChI is InChI=1S/C10H13BrN2O2S/c1-7-5-9(12)3-4-10(7)16(14,15)13-6-8(2)11/h3-5,13H,2,6,12H2,1H3. The number of anilines is 1. The third kappa shape index (κ3) is 3.33. The van der Waals surface area contributed by atoms with Crippen molar-refractivity contribution in [3.63, 3.8) is 0 Å². The average molecular weight is 305 g/mol. The fraction of sp³-hybridized carbons (Fsp3) is 0.200. The highest BCUT2D eigenvalue weighted by Gasteiger charge is 2.16. The third-order valence-corrected chi connectivity index (χ3v) is 3.78. The Labute approximate surface area is 104 Å². The van der Waals surface area contributed by atoms with Crippen LogP contribution >= 0.6 is 15.9 Å². The molecule has 0 saturated carbocycles. The minimum atomic E-state index is -3.50. The van der Waals surface area contributed by atoms with Gasteiger partial charge < -0.3 is 5.73 Å². The monoisotopic (exact) mass is 304 g/mol. The van der Waals surface area contributed by atoms with Gasteiger partial charge in [0.05, 0.1) is 4.90 Å². The maximum absolute atomic E-state index is 11.9. The molecule has 0 fully saturated rings. The van der Waals surface area contributed by atoms with E-state index in [1.165, 1.54) is 6.07 Å². The molecule has 0 unspecified atom stereocenters. The summed E-state index contributed by atoms with van der Waals surface area (Å²) in [5.74, 6) is 0. The van der Waals surface area contributed by atoms with Gasteiger partial charge in [-0.15, -0.1) is 0 Å². The van der Waals surface area contributed by atoms with Gasteiger partial charge in [0.25, 0.3) is 0 Å². The van der Waals surface area contributed by atoms with Crippen LogP contribution in [0.1, 0.15) is 5.56 Å². The van der Waals surface area contributed by atoms with Gasteiger partial charge in [-0.25, -0.2) is 13.1 Å². The van der Waals surface area contributed by atoms with E-state index in [4.69, 9.17) is 5.73 Å². The SMILES string of the molecule is C=C(Br)CNS(=O)(=O)c1ccc(N)cc1C. The first-order valence-corrected chi connectivity index (χ1v) is 6.79. The molecular weight excluding hydrogens is 292 g/mol. The Morgan fingerprint density at radius 1 is 1.56 bits per heavy atom. The molecule has 1 aromatic carbocycles. The van der Waals surface area contributed by atoms with Crippen LogP contribution in [0.5, 0.6) is 0 Å². The van der Waals surface area contributed by atoms with Crippen LogP contribution in [-0.2, 0) is 10.0 Å². The number of nitrogen functional groups attached to an aromatic ring is 1. The molecule has 0 saturated heterocycles. The van der Waals surface area contributed by atoms with Crippen LogP contribution in [0.3, 0.4) is 0 Å². The van der Waals surface area contributed by atoms with Gasteiger partial charge in [0.1, 0.15) is 0 Å². The first kappa shape index (κ1) is 13.2. The summed E-state index contributed by atoms with van der Waals surface area (Å²) in [4.78, 5) is 0.232. The van der Waals surface area contributed by atoms with Crippen molar-refractivity contribution in [3.8, 4) is 0 Å². The van der Waals surface area contributed by atoms with Crippen LogP contribution in [0.25, 0.3) is 0 Å². The van der Waals surface area contributed by atoms with Crippen molar-refractivity contribution in [1.29, 1.82) is 0 Å². The smallest absolute Gasteiger partial charge is 0.241 e. The topological polar surface area (TPSA) is 72.2 Å². The van der Waals surface area contributed by atoms with Crippen molar-refractivity contribution >= 4 is 31.6 Å². The predicted molar refractivity (Wildman–Crippen MR) is 68.8 cm³/mol. The summed E-state index contributed by atoms with van der Waals surface area (Å²) in [5, 5.41) is 0. The van der Waals surface area contributed by atoms with Gasteiger partial charge >= 0.3 is 0 Å². The van der Waals surface area contributed by atoms with Crippen LogP contribution in [-0.4, -0.2) is 15.0 Å².